The van der Waals surface area contributed by atoms with Crippen molar-refractivity contribution in [2.24, 2.45) is 14.1 Å². The molecule has 3 aromatic rings. The molecule has 0 saturated carbocycles. The van der Waals surface area contributed by atoms with E-state index in [0.717, 1.165) is 14.6 Å². The van der Waals surface area contributed by atoms with Crippen molar-refractivity contribution >= 4 is 39.1 Å². The Bertz CT molecular complexity index is 1530. The summed E-state index contributed by atoms with van der Waals surface area (Å²) in [6.45, 7) is 0. The van der Waals surface area contributed by atoms with Gasteiger partial charge in [0.15, 0.2) is 0 Å². The Morgan fingerprint density at radius 1 is 0.912 bits per heavy atom. The average Bonchev–Trinajstić information content (AvgIpc) is 2.85. The SMILES string of the molecule is Cn1c2c(c(=O)n(C)c1=O)C(c1ccc(Br)cc1)CC(C1=C(O)c3ccccc3C(=O)C1=O)N2. The molecule has 0 amide bonds. The minimum atomic E-state index is -0.805. The Labute approximate surface area is 202 Å². The predicted molar refractivity (Wildman–Crippen MR) is 130 cm³/mol. The zero-order chi connectivity index (χ0) is 24.3. The highest BCUT2D eigenvalue weighted by Crippen LogP contribution is 2.41. The van der Waals surface area contributed by atoms with Gasteiger partial charge in [-0.3, -0.25) is 23.5 Å². The van der Waals surface area contributed by atoms with E-state index >= 15 is 0 Å². The Morgan fingerprint density at radius 3 is 2.24 bits per heavy atom. The molecule has 1 aliphatic carbocycles. The van der Waals surface area contributed by atoms with E-state index in [1.54, 1.807) is 18.2 Å². The smallest absolute Gasteiger partial charge is 0.332 e. The topological polar surface area (TPSA) is 110 Å². The number of nitrogens with zero attached hydrogens (tertiary/aromatic N) is 2. The standard InChI is InChI=1S/C25H20BrN3O5/c1-28-23-18(24(33)29(2)25(28)34)16(12-7-9-13(26)10-8-12)11-17(27-23)19-20(30)14-5-3-4-6-15(14)21(31)22(19)32/h3-10,16-17,27,30H,11H2,1-2H3. The highest BCUT2D eigenvalue weighted by atomic mass is 79.9. The summed E-state index contributed by atoms with van der Waals surface area (Å²) in [7, 11) is 2.95. The molecule has 0 saturated heterocycles. The molecule has 0 spiro atoms. The van der Waals surface area contributed by atoms with Gasteiger partial charge in [0.2, 0.25) is 11.6 Å². The first-order valence-corrected chi connectivity index (χ1v) is 11.4. The second-order valence-electron chi connectivity index (χ2n) is 8.47. The number of carbonyl (C=O) groups is 2. The molecule has 2 unspecified atom stereocenters. The van der Waals surface area contributed by atoms with Crippen molar-refractivity contribution in [3.63, 3.8) is 0 Å². The van der Waals surface area contributed by atoms with Crippen LogP contribution < -0.4 is 16.6 Å². The van der Waals surface area contributed by atoms with E-state index in [4.69, 9.17) is 0 Å². The molecule has 0 fully saturated rings. The van der Waals surface area contributed by atoms with Crippen LogP contribution in [0.4, 0.5) is 5.82 Å². The van der Waals surface area contributed by atoms with Crippen molar-refractivity contribution in [2.75, 3.05) is 5.32 Å². The van der Waals surface area contributed by atoms with E-state index in [1.165, 1.54) is 24.7 Å². The molecule has 9 heteroatoms. The summed E-state index contributed by atoms with van der Waals surface area (Å²) in [4.78, 5) is 51.8. The minimum Gasteiger partial charge on any atom is -0.507 e. The van der Waals surface area contributed by atoms with Crippen molar-refractivity contribution in [2.45, 2.75) is 18.4 Å². The summed E-state index contributed by atoms with van der Waals surface area (Å²) >= 11 is 3.41. The van der Waals surface area contributed by atoms with E-state index in [2.05, 4.69) is 21.2 Å². The molecule has 1 aliphatic heterocycles. The van der Waals surface area contributed by atoms with Crippen LogP contribution in [-0.2, 0) is 18.9 Å². The Kier molecular flexibility index (Phi) is 5.16. The van der Waals surface area contributed by atoms with Crippen molar-refractivity contribution in [1.29, 1.82) is 0 Å². The lowest BCUT2D eigenvalue weighted by molar-refractivity contribution is -0.112. The number of hydrogen-bond donors (Lipinski definition) is 2. The van der Waals surface area contributed by atoms with Crippen LogP contribution in [0.1, 0.15) is 39.4 Å². The van der Waals surface area contributed by atoms with Gasteiger partial charge in [0, 0.05) is 35.6 Å². The Morgan fingerprint density at radius 2 is 1.56 bits per heavy atom. The average molecular weight is 522 g/mol. The number of benzene rings is 2. The lowest BCUT2D eigenvalue weighted by Gasteiger charge is -2.36. The van der Waals surface area contributed by atoms with E-state index in [-0.39, 0.29) is 34.7 Å². The van der Waals surface area contributed by atoms with Gasteiger partial charge < -0.3 is 10.4 Å². The Hall–Kier alpha value is -3.72. The molecule has 5 rings (SSSR count). The van der Waals surface area contributed by atoms with Crippen molar-refractivity contribution < 1.29 is 14.7 Å². The molecule has 0 radical (unpaired) electrons. The lowest BCUT2D eigenvalue weighted by Crippen LogP contribution is -2.46. The van der Waals surface area contributed by atoms with Gasteiger partial charge in [-0.15, -0.1) is 0 Å². The third-order valence-electron chi connectivity index (χ3n) is 6.58. The fourth-order valence-electron chi connectivity index (χ4n) is 4.83. The van der Waals surface area contributed by atoms with Crippen molar-refractivity contribution in [1.82, 2.24) is 9.13 Å². The van der Waals surface area contributed by atoms with E-state index in [9.17, 15) is 24.3 Å². The van der Waals surface area contributed by atoms with Gasteiger partial charge in [-0.05, 0) is 24.1 Å². The third-order valence-corrected chi connectivity index (χ3v) is 7.11. The largest absolute Gasteiger partial charge is 0.507 e. The lowest BCUT2D eigenvalue weighted by atomic mass is 9.77. The van der Waals surface area contributed by atoms with Crippen LogP contribution in [0.15, 0.2) is 68.2 Å². The van der Waals surface area contributed by atoms with Crippen LogP contribution >= 0.6 is 15.9 Å². The molecule has 1 aromatic heterocycles. The van der Waals surface area contributed by atoms with Gasteiger partial charge in [-0.1, -0.05) is 52.3 Å². The molecule has 34 heavy (non-hydrogen) atoms. The fourth-order valence-corrected chi connectivity index (χ4v) is 5.10. The number of aliphatic hydroxyl groups is 1. The summed E-state index contributed by atoms with van der Waals surface area (Å²) < 4.78 is 3.23. The molecule has 172 valence electrons. The van der Waals surface area contributed by atoms with Crippen LogP contribution in [0.2, 0.25) is 0 Å². The van der Waals surface area contributed by atoms with Gasteiger partial charge in [-0.25, -0.2) is 4.79 Å². The number of aromatic nitrogens is 2. The third kappa shape index (κ3) is 3.19. The van der Waals surface area contributed by atoms with Crippen LogP contribution in [-0.4, -0.2) is 31.8 Å². The van der Waals surface area contributed by atoms with Gasteiger partial charge >= 0.3 is 5.69 Å². The normalized spacial score (nSPS) is 19.5. The quantitative estimate of drug-likeness (QED) is 0.501. The number of rotatable bonds is 2. The Balaban J connectivity index is 1.74. The number of halogens is 1. The first-order valence-electron chi connectivity index (χ1n) is 10.6. The number of anilines is 1. The maximum absolute atomic E-state index is 13.2. The summed E-state index contributed by atoms with van der Waals surface area (Å²) in [6.07, 6.45) is 0.225. The molecule has 8 nitrogen and oxygen atoms in total. The van der Waals surface area contributed by atoms with Gasteiger partial charge in [0.25, 0.3) is 5.56 Å². The van der Waals surface area contributed by atoms with E-state index in [0.29, 0.717) is 5.56 Å². The fraction of sp³-hybridized carbons (Fsp3) is 0.200. The van der Waals surface area contributed by atoms with Gasteiger partial charge in [0.05, 0.1) is 17.2 Å². The maximum Gasteiger partial charge on any atom is 0.332 e. The number of aliphatic hydroxyl groups excluding tert-OH is 1. The molecule has 2 aliphatic rings. The summed E-state index contributed by atoms with van der Waals surface area (Å²) in [6, 6.07) is 13.0. The monoisotopic (exact) mass is 521 g/mol. The zero-order valence-corrected chi connectivity index (χ0v) is 19.9. The number of hydrogen-bond acceptors (Lipinski definition) is 6. The molecule has 0 bridgehead atoms. The zero-order valence-electron chi connectivity index (χ0n) is 18.3. The summed E-state index contributed by atoms with van der Waals surface area (Å²) in [5, 5.41) is 14.2. The molecular formula is C25H20BrN3O5. The van der Waals surface area contributed by atoms with Crippen molar-refractivity contribution in [3.05, 3.63) is 102 Å². The second-order valence-corrected chi connectivity index (χ2v) is 9.39. The molecule has 2 heterocycles. The van der Waals surface area contributed by atoms with E-state index < -0.39 is 34.8 Å². The van der Waals surface area contributed by atoms with E-state index in [1.807, 2.05) is 24.3 Å². The van der Waals surface area contributed by atoms with Crippen LogP contribution in [0.3, 0.4) is 0 Å². The van der Waals surface area contributed by atoms with Gasteiger partial charge in [-0.2, -0.15) is 0 Å². The number of ketones is 2. The highest BCUT2D eigenvalue weighted by molar-refractivity contribution is 9.10. The number of fused-ring (bicyclic) bond motifs is 2. The summed E-state index contributed by atoms with van der Waals surface area (Å²) in [5.41, 5.74) is 0.598. The molecule has 2 aromatic carbocycles. The first-order chi connectivity index (χ1) is 16.2. The highest BCUT2D eigenvalue weighted by Gasteiger charge is 2.42. The molecule has 2 N–H and O–H groups in total. The van der Waals surface area contributed by atoms with Crippen LogP contribution in [0, 0.1) is 0 Å². The predicted octanol–water partition coefficient (Wildman–Crippen LogP) is 2.90. The molecular weight excluding hydrogens is 502 g/mol. The van der Waals surface area contributed by atoms with Crippen LogP contribution in [0.5, 0.6) is 0 Å². The first kappa shape index (κ1) is 22.1. The van der Waals surface area contributed by atoms with Crippen molar-refractivity contribution in [3.8, 4) is 0 Å². The second kappa shape index (κ2) is 7.95. The number of nitrogens with one attached hydrogen (secondary N) is 1. The van der Waals surface area contributed by atoms with Crippen LogP contribution in [0.25, 0.3) is 5.76 Å². The van der Waals surface area contributed by atoms with Gasteiger partial charge in [0.1, 0.15) is 11.6 Å². The number of Topliss-reactive ketones (excluding diaryl/α,β-unsaturated/α-hetero) is 2. The minimum absolute atomic E-state index is 0.0652. The maximum atomic E-state index is 13.2. The summed E-state index contributed by atoms with van der Waals surface area (Å²) in [5.74, 6) is -2.00. The number of carbonyl (C=O) groups excluding carboxylic acids is 2. The molecule has 2 atom stereocenters.